The Labute approximate surface area is 165 Å². The molecule has 0 bridgehead atoms. The second kappa shape index (κ2) is 7.82. The van der Waals surface area contributed by atoms with Gasteiger partial charge in [-0.3, -0.25) is 4.79 Å². The van der Waals surface area contributed by atoms with E-state index in [1.165, 1.54) is 12.1 Å². The quantitative estimate of drug-likeness (QED) is 0.445. The SMILES string of the molecule is Cc1ccc(-c2cc(C(=O)N(Cc3ccco3)Cc3cccs3)no2)cc1F. The maximum atomic E-state index is 13.8. The van der Waals surface area contributed by atoms with Crippen LogP contribution < -0.4 is 0 Å². The van der Waals surface area contributed by atoms with Crippen molar-refractivity contribution in [3.63, 3.8) is 0 Å². The molecule has 3 aromatic heterocycles. The standard InChI is InChI=1S/C21H17FN2O3S/c1-14-6-7-15(10-18(14)22)20-11-19(23-27-20)21(25)24(12-16-4-2-8-26-16)13-17-5-3-9-28-17/h2-11H,12-13H2,1H3. The first-order valence-corrected chi connectivity index (χ1v) is 9.55. The van der Waals surface area contributed by atoms with Crippen molar-refractivity contribution in [1.82, 2.24) is 10.1 Å². The Bertz CT molecular complexity index is 1030. The van der Waals surface area contributed by atoms with Crippen molar-refractivity contribution in [3.8, 4) is 11.3 Å². The van der Waals surface area contributed by atoms with Crippen LogP contribution in [0.2, 0.25) is 0 Å². The molecule has 28 heavy (non-hydrogen) atoms. The molecule has 0 aliphatic carbocycles. The third kappa shape index (κ3) is 3.89. The zero-order chi connectivity index (χ0) is 19.5. The average Bonchev–Trinajstić information content (AvgIpc) is 3.45. The molecule has 0 saturated heterocycles. The molecule has 4 rings (SSSR count). The van der Waals surface area contributed by atoms with E-state index in [0.29, 0.717) is 35.7 Å². The lowest BCUT2D eigenvalue weighted by molar-refractivity contribution is 0.0709. The van der Waals surface area contributed by atoms with Gasteiger partial charge < -0.3 is 13.8 Å². The van der Waals surface area contributed by atoms with Gasteiger partial charge in [0.05, 0.1) is 19.4 Å². The number of hydrogen-bond donors (Lipinski definition) is 0. The molecule has 0 spiro atoms. The Hall–Kier alpha value is -3.19. The number of thiophene rings is 1. The number of nitrogens with zero attached hydrogens (tertiary/aromatic N) is 2. The number of carbonyl (C=O) groups is 1. The van der Waals surface area contributed by atoms with Crippen LogP contribution in [-0.2, 0) is 13.1 Å². The fourth-order valence-electron chi connectivity index (χ4n) is 2.80. The Morgan fingerprint density at radius 2 is 2.07 bits per heavy atom. The lowest BCUT2D eigenvalue weighted by Crippen LogP contribution is -2.29. The summed E-state index contributed by atoms with van der Waals surface area (Å²) in [5.41, 5.74) is 1.24. The molecule has 0 atom stereocenters. The fraction of sp³-hybridized carbons (Fsp3) is 0.143. The molecule has 0 aliphatic heterocycles. The van der Waals surface area contributed by atoms with E-state index in [9.17, 15) is 9.18 Å². The second-order valence-electron chi connectivity index (χ2n) is 6.36. The summed E-state index contributed by atoms with van der Waals surface area (Å²) in [7, 11) is 0. The summed E-state index contributed by atoms with van der Waals surface area (Å²) in [4.78, 5) is 15.7. The summed E-state index contributed by atoms with van der Waals surface area (Å²) in [5.74, 6) is 0.400. The Morgan fingerprint density at radius 1 is 1.18 bits per heavy atom. The summed E-state index contributed by atoms with van der Waals surface area (Å²) in [5, 5.41) is 5.87. The maximum absolute atomic E-state index is 13.8. The lowest BCUT2D eigenvalue weighted by Gasteiger charge is -2.19. The highest BCUT2D eigenvalue weighted by atomic mass is 32.1. The molecule has 142 valence electrons. The molecule has 0 aliphatic rings. The Kier molecular flexibility index (Phi) is 5.08. The first kappa shape index (κ1) is 18.2. The van der Waals surface area contributed by atoms with Crippen LogP contribution in [-0.4, -0.2) is 16.0 Å². The lowest BCUT2D eigenvalue weighted by atomic mass is 10.1. The van der Waals surface area contributed by atoms with E-state index >= 15 is 0 Å². The van der Waals surface area contributed by atoms with E-state index in [1.807, 2.05) is 23.6 Å². The smallest absolute Gasteiger partial charge is 0.276 e. The van der Waals surface area contributed by atoms with Gasteiger partial charge in [-0.2, -0.15) is 0 Å². The summed E-state index contributed by atoms with van der Waals surface area (Å²) in [6, 6.07) is 13.8. The fourth-order valence-corrected chi connectivity index (χ4v) is 3.52. The largest absolute Gasteiger partial charge is 0.467 e. The summed E-state index contributed by atoms with van der Waals surface area (Å²) >= 11 is 1.57. The van der Waals surface area contributed by atoms with Crippen LogP contribution in [0.4, 0.5) is 4.39 Å². The van der Waals surface area contributed by atoms with Gasteiger partial charge in [0.25, 0.3) is 5.91 Å². The number of rotatable bonds is 6. The van der Waals surface area contributed by atoms with Crippen molar-refractivity contribution in [2.45, 2.75) is 20.0 Å². The molecule has 0 saturated carbocycles. The van der Waals surface area contributed by atoms with E-state index in [2.05, 4.69) is 5.16 Å². The number of amides is 1. The molecule has 0 N–H and O–H groups in total. The first-order valence-electron chi connectivity index (χ1n) is 8.67. The van der Waals surface area contributed by atoms with Crippen LogP contribution >= 0.6 is 11.3 Å². The number of furan rings is 1. The van der Waals surface area contributed by atoms with Crippen molar-refractivity contribution in [2.24, 2.45) is 0 Å². The number of aryl methyl sites for hydroxylation is 1. The molecule has 0 fully saturated rings. The second-order valence-corrected chi connectivity index (χ2v) is 7.39. The van der Waals surface area contributed by atoms with Gasteiger partial charge in [-0.15, -0.1) is 11.3 Å². The van der Waals surface area contributed by atoms with Gasteiger partial charge in [0, 0.05) is 16.5 Å². The van der Waals surface area contributed by atoms with Gasteiger partial charge in [0.1, 0.15) is 11.6 Å². The minimum Gasteiger partial charge on any atom is -0.467 e. The highest BCUT2D eigenvalue weighted by Crippen LogP contribution is 2.24. The molecule has 3 heterocycles. The number of carbonyl (C=O) groups excluding carboxylic acids is 1. The number of aromatic nitrogens is 1. The minimum absolute atomic E-state index is 0.166. The van der Waals surface area contributed by atoms with E-state index in [0.717, 1.165) is 4.88 Å². The van der Waals surface area contributed by atoms with Gasteiger partial charge in [-0.25, -0.2) is 4.39 Å². The van der Waals surface area contributed by atoms with Crippen molar-refractivity contribution >= 4 is 17.2 Å². The zero-order valence-corrected chi connectivity index (χ0v) is 15.9. The van der Waals surface area contributed by atoms with Crippen LogP contribution in [0.5, 0.6) is 0 Å². The molecular weight excluding hydrogens is 379 g/mol. The van der Waals surface area contributed by atoms with Crippen molar-refractivity contribution in [3.05, 3.63) is 87.9 Å². The van der Waals surface area contributed by atoms with E-state index < -0.39 is 0 Å². The highest BCUT2D eigenvalue weighted by molar-refractivity contribution is 7.09. The molecule has 7 heteroatoms. The molecule has 5 nitrogen and oxygen atoms in total. The zero-order valence-electron chi connectivity index (χ0n) is 15.1. The summed E-state index contributed by atoms with van der Waals surface area (Å²) in [6.07, 6.45) is 1.57. The first-order chi connectivity index (χ1) is 13.6. The monoisotopic (exact) mass is 396 g/mol. The van der Waals surface area contributed by atoms with Crippen LogP contribution in [0.15, 0.2) is 69.1 Å². The van der Waals surface area contributed by atoms with E-state index in [1.54, 1.807) is 47.6 Å². The van der Waals surface area contributed by atoms with E-state index in [4.69, 9.17) is 8.94 Å². The van der Waals surface area contributed by atoms with Crippen LogP contribution in [0.3, 0.4) is 0 Å². The molecule has 0 unspecified atom stereocenters. The topological polar surface area (TPSA) is 59.5 Å². The van der Waals surface area contributed by atoms with Crippen LogP contribution in [0.25, 0.3) is 11.3 Å². The molecule has 1 aromatic carbocycles. The molecule has 4 aromatic rings. The average molecular weight is 396 g/mol. The van der Waals surface area contributed by atoms with Crippen LogP contribution in [0, 0.1) is 12.7 Å². The van der Waals surface area contributed by atoms with Gasteiger partial charge in [-0.1, -0.05) is 23.4 Å². The van der Waals surface area contributed by atoms with Gasteiger partial charge in [-0.05, 0) is 42.1 Å². The number of halogens is 1. The van der Waals surface area contributed by atoms with E-state index in [-0.39, 0.29) is 17.4 Å². The Balaban J connectivity index is 1.59. The van der Waals surface area contributed by atoms with Gasteiger partial charge in [0.2, 0.25) is 0 Å². The van der Waals surface area contributed by atoms with Crippen molar-refractivity contribution < 1.29 is 18.1 Å². The molecular formula is C21H17FN2O3S. The predicted octanol–water partition coefficient (Wildman–Crippen LogP) is 5.29. The van der Waals surface area contributed by atoms with Crippen molar-refractivity contribution in [2.75, 3.05) is 0 Å². The third-order valence-electron chi connectivity index (χ3n) is 4.33. The van der Waals surface area contributed by atoms with Crippen LogP contribution in [0.1, 0.15) is 26.7 Å². The number of hydrogen-bond acceptors (Lipinski definition) is 5. The molecule has 0 radical (unpaired) electrons. The van der Waals surface area contributed by atoms with Crippen molar-refractivity contribution in [1.29, 1.82) is 0 Å². The number of benzene rings is 1. The van der Waals surface area contributed by atoms with Gasteiger partial charge in [0.15, 0.2) is 11.5 Å². The third-order valence-corrected chi connectivity index (χ3v) is 5.19. The minimum atomic E-state index is -0.334. The van der Waals surface area contributed by atoms with Gasteiger partial charge >= 0.3 is 0 Å². The Morgan fingerprint density at radius 3 is 2.79 bits per heavy atom. The maximum Gasteiger partial charge on any atom is 0.276 e. The summed E-state index contributed by atoms with van der Waals surface area (Å²) in [6.45, 7) is 2.43. The normalized spacial score (nSPS) is 10.9. The predicted molar refractivity (Wildman–Crippen MR) is 103 cm³/mol. The highest BCUT2D eigenvalue weighted by Gasteiger charge is 2.22. The molecule has 1 amide bonds. The summed E-state index contributed by atoms with van der Waals surface area (Å²) < 4.78 is 24.5.